The predicted octanol–water partition coefficient (Wildman–Crippen LogP) is 4.36. The van der Waals surface area contributed by atoms with Crippen LogP contribution in [0.25, 0.3) is 11.4 Å². The van der Waals surface area contributed by atoms with Crippen molar-refractivity contribution >= 4 is 5.96 Å². The van der Waals surface area contributed by atoms with E-state index < -0.39 is 11.7 Å². The van der Waals surface area contributed by atoms with Crippen LogP contribution < -0.4 is 10.5 Å². The maximum absolute atomic E-state index is 12.6. The molecule has 1 fully saturated rings. The number of halogens is 3. The fourth-order valence-electron chi connectivity index (χ4n) is 3.46. The number of nitrogens with one attached hydrogen (secondary N) is 1. The molecule has 0 amide bonds. The number of guanidine groups is 1. The topological polar surface area (TPSA) is 101 Å². The summed E-state index contributed by atoms with van der Waals surface area (Å²) < 4.78 is 48.9. The number of rotatable bonds is 5. The van der Waals surface area contributed by atoms with Gasteiger partial charge < -0.3 is 19.9 Å². The van der Waals surface area contributed by atoms with Crippen molar-refractivity contribution in [2.24, 2.45) is 5.73 Å². The van der Waals surface area contributed by atoms with Gasteiger partial charge in [-0.15, -0.1) is 0 Å². The quantitative estimate of drug-likeness (QED) is 0.460. The molecule has 1 aromatic heterocycles. The monoisotopic (exact) mass is 431 g/mol. The lowest BCUT2D eigenvalue weighted by molar-refractivity contribution is -0.137. The minimum atomic E-state index is -4.35. The summed E-state index contributed by atoms with van der Waals surface area (Å²) >= 11 is 0. The molecule has 0 bridgehead atoms. The van der Waals surface area contributed by atoms with E-state index in [1.165, 1.54) is 12.1 Å². The van der Waals surface area contributed by atoms with Gasteiger partial charge in [0.1, 0.15) is 18.4 Å². The fraction of sp³-hybridized carbons (Fsp3) is 0.286. The zero-order valence-electron chi connectivity index (χ0n) is 16.4. The van der Waals surface area contributed by atoms with E-state index in [9.17, 15) is 13.2 Å². The van der Waals surface area contributed by atoms with Crippen molar-refractivity contribution in [1.29, 1.82) is 5.41 Å². The lowest BCUT2D eigenvalue weighted by Crippen LogP contribution is -2.35. The Labute approximate surface area is 176 Å². The van der Waals surface area contributed by atoms with Gasteiger partial charge in [-0.25, -0.2) is 0 Å². The van der Waals surface area contributed by atoms with E-state index in [-0.39, 0.29) is 18.6 Å². The Hall–Kier alpha value is -3.56. The first-order chi connectivity index (χ1) is 14.8. The Morgan fingerprint density at radius 1 is 1.16 bits per heavy atom. The second-order valence-electron chi connectivity index (χ2n) is 7.20. The highest BCUT2D eigenvalue weighted by Crippen LogP contribution is 2.32. The number of benzene rings is 2. The zero-order valence-corrected chi connectivity index (χ0v) is 16.4. The maximum atomic E-state index is 12.6. The Kier molecular flexibility index (Phi) is 5.53. The third-order valence-corrected chi connectivity index (χ3v) is 5.09. The van der Waals surface area contributed by atoms with Gasteiger partial charge in [-0.1, -0.05) is 17.3 Å². The van der Waals surface area contributed by atoms with E-state index in [1.54, 1.807) is 29.2 Å². The summed E-state index contributed by atoms with van der Waals surface area (Å²) in [4.78, 5) is 6.17. The normalized spacial score (nSPS) is 16.5. The molecule has 0 unspecified atom stereocenters. The first kappa shape index (κ1) is 20.7. The first-order valence-electron chi connectivity index (χ1n) is 9.65. The number of likely N-dealkylation sites (tertiary alicyclic amines) is 1. The van der Waals surface area contributed by atoms with Crippen LogP contribution in [-0.2, 0) is 12.8 Å². The van der Waals surface area contributed by atoms with Gasteiger partial charge in [-0.05, 0) is 54.8 Å². The Morgan fingerprint density at radius 3 is 2.52 bits per heavy atom. The number of nitrogens with zero attached hydrogens (tertiary/aromatic N) is 3. The van der Waals surface area contributed by atoms with Crippen molar-refractivity contribution in [3.63, 3.8) is 0 Å². The Balaban J connectivity index is 1.39. The summed E-state index contributed by atoms with van der Waals surface area (Å²) in [5, 5.41) is 11.7. The first-order valence-corrected chi connectivity index (χ1v) is 9.65. The van der Waals surface area contributed by atoms with Gasteiger partial charge in [-0.2, -0.15) is 18.2 Å². The number of hydrogen-bond acceptors (Lipinski definition) is 5. The van der Waals surface area contributed by atoms with Crippen LogP contribution in [0.1, 0.15) is 35.9 Å². The van der Waals surface area contributed by atoms with Crippen LogP contribution in [0.5, 0.6) is 5.75 Å². The molecule has 1 atom stereocenters. The highest BCUT2D eigenvalue weighted by atomic mass is 19.4. The van der Waals surface area contributed by atoms with E-state index >= 15 is 0 Å². The van der Waals surface area contributed by atoms with Crippen molar-refractivity contribution in [3.05, 3.63) is 65.5 Å². The highest BCUT2D eigenvalue weighted by molar-refractivity contribution is 5.75. The van der Waals surface area contributed by atoms with Gasteiger partial charge in [0.05, 0.1) is 5.56 Å². The summed E-state index contributed by atoms with van der Waals surface area (Å²) in [6.07, 6.45) is -2.67. The third kappa shape index (κ3) is 4.62. The molecule has 1 aliphatic heterocycles. The van der Waals surface area contributed by atoms with Crippen LogP contribution in [-0.4, -0.2) is 27.5 Å². The SMILES string of the molecule is N=C(N)N1CCC[C@H]1c1nc(-c2ccc(OCc3ccc(C(F)(F)F)cc3)cc2)no1. The second kappa shape index (κ2) is 8.29. The maximum Gasteiger partial charge on any atom is 0.416 e. The van der Waals surface area contributed by atoms with E-state index in [0.717, 1.165) is 30.5 Å². The molecule has 1 aliphatic rings. The predicted molar refractivity (Wildman–Crippen MR) is 106 cm³/mol. The number of alkyl halides is 3. The van der Waals surface area contributed by atoms with E-state index in [0.29, 0.717) is 29.6 Å². The number of ether oxygens (including phenoxy) is 1. The molecule has 2 heterocycles. The molecule has 0 radical (unpaired) electrons. The van der Waals surface area contributed by atoms with Crippen LogP contribution >= 0.6 is 0 Å². The largest absolute Gasteiger partial charge is 0.489 e. The summed E-state index contributed by atoms with van der Waals surface area (Å²) in [6, 6.07) is 11.7. The summed E-state index contributed by atoms with van der Waals surface area (Å²) in [7, 11) is 0. The van der Waals surface area contributed by atoms with Crippen LogP contribution in [0.15, 0.2) is 53.1 Å². The molecule has 162 valence electrons. The smallest absolute Gasteiger partial charge is 0.416 e. The molecule has 0 aliphatic carbocycles. The van der Waals surface area contributed by atoms with Crippen LogP contribution in [0.4, 0.5) is 13.2 Å². The van der Waals surface area contributed by atoms with E-state index in [2.05, 4.69) is 10.1 Å². The van der Waals surface area contributed by atoms with Crippen LogP contribution in [0.3, 0.4) is 0 Å². The molecule has 31 heavy (non-hydrogen) atoms. The van der Waals surface area contributed by atoms with Gasteiger partial charge in [0, 0.05) is 12.1 Å². The summed E-state index contributed by atoms with van der Waals surface area (Å²) in [5.74, 6) is 1.38. The Bertz CT molecular complexity index is 1050. The lowest BCUT2D eigenvalue weighted by atomic mass is 10.1. The molecule has 2 aromatic carbocycles. The molecule has 3 aromatic rings. The van der Waals surface area contributed by atoms with Crippen molar-refractivity contribution in [3.8, 4) is 17.1 Å². The molecule has 4 rings (SSSR count). The lowest BCUT2D eigenvalue weighted by Gasteiger charge is -2.21. The minimum absolute atomic E-state index is 0.0169. The Morgan fingerprint density at radius 2 is 1.87 bits per heavy atom. The van der Waals surface area contributed by atoms with E-state index in [1.807, 2.05) is 0 Å². The number of nitrogens with two attached hydrogens (primary N) is 1. The van der Waals surface area contributed by atoms with Gasteiger partial charge in [0.15, 0.2) is 5.96 Å². The number of aromatic nitrogens is 2. The molecule has 7 nitrogen and oxygen atoms in total. The molecule has 10 heteroatoms. The van der Waals surface area contributed by atoms with Crippen molar-refractivity contribution < 1.29 is 22.4 Å². The number of hydrogen-bond donors (Lipinski definition) is 2. The van der Waals surface area contributed by atoms with E-state index in [4.69, 9.17) is 20.4 Å². The van der Waals surface area contributed by atoms with Crippen molar-refractivity contribution in [2.75, 3.05) is 6.54 Å². The molecule has 1 saturated heterocycles. The average molecular weight is 431 g/mol. The van der Waals surface area contributed by atoms with Gasteiger partial charge >= 0.3 is 6.18 Å². The molecule has 0 spiro atoms. The summed E-state index contributed by atoms with van der Waals surface area (Å²) in [6.45, 7) is 0.828. The van der Waals surface area contributed by atoms with Crippen LogP contribution in [0.2, 0.25) is 0 Å². The average Bonchev–Trinajstić information content (AvgIpc) is 3.42. The molecule has 0 saturated carbocycles. The fourth-order valence-corrected chi connectivity index (χ4v) is 3.46. The molecular formula is C21H20F3N5O2. The van der Waals surface area contributed by atoms with Gasteiger partial charge in [0.2, 0.25) is 11.7 Å². The van der Waals surface area contributed by atoms with Gasteiger partial charge in [0.25, 0.3) is 0 Å². The van der Waals surface area contributed by atoms with Crippen molar-refractivity contribution in [2.45, 2.75) is 31.7 Å². The van der Waals surface area contributed by atoms with Crippen LogP contribution in [0, 0.1) is 5.41 Å². The molecule has 3 N–H and O–H groups in total. The standard InChI is InChI=1S/C21H20F3N5O2/c22-21(23,24)15-7-3-13(4-8-15)12-30-16-9-5-14(6-10-16)18-27-19(31-28-18)17-2-1-11-29(17)20(25)26/h3-10,17H,1-2,11-12H2,(H3,25,26)/t17-/m0/s1. The zero-order chi connectivity index (χ0) is 22.0. The summed E-state index contributed by atoms with van der Waals surface area (Å²) in [5.41, 5.74) is 6.28. The molecular weight excluding hydrogens is 411 g/mol. The highest BCUT2D eigenvalue weighted by Gasteiger charge is 2.32. The minimum Gasteiger partial charge on any atom is -0.489 e. The third-order valence-electron chi connectivity index (χ3n) is 5.09. The van der Waals surface area contributed by atoms with Crippen molar-refractivity contribution in [1.82, 2.24) is 15.0 Å². The van der Waals surface area contributed by atoms with Gasteiger partial charge in [-0.3, -0.25) is 5.41 Å². The second-order valence-corrected chi connectivity index (χ2v) is 7.20.